The van der Waals surface area contributed by atoms with Gasteiger partial charge in [-0.25, -0.2) is 9.97 Å². The van der Waals surface area contributed by atoms with Crippen LogP contribution in [0.5, 0.6) is 0 Å². The molecule has 0 aliphatic carbocycles. The summed E-state index contributed by atoms with van der Waals surface area (Å²) in [5, 5.41) is 0.580. The van der Waals surface area contributed by atoms with Gasteiger partial charge in [-0.05, 0) is 32.2 Å². The van der Waals surface area contributed by atoms with Crippen LogP contribution in [-0.4, -0.2) is 29.1 Å². The van der Waals surface area contributed by atoms with Gasteiger partial charge in [0, 0.05) is 12.6 Å². The molecule has 16 heavy (non-hydrogen) atoms. The molecule has 1 aliphatic rings. The van der Waals surface area contributed by atoms with Gasteiger partial charge in [-0.15, -0.1) is 0 Å². The van der Waals surface area contributed by atoms with Crippen LogP contribution in [0.3, 0.4) is 0 Å². The smallest absolute Gasteiger partial charge is 0.225 e. The first-order valence-corrected chi connectivity index (χ1v) is 6.13. The van der Waals surface area contributed by atoms with Crippen molar-refractivity contribution in [2.75, 3.05) is 18.0 Å². The van der Waals surface area contributed by atoms with E-state index in [1.165, 1.54) is 19.3 Å². The first kappa shape index (κ1) is 11.6. The summed E-state index contributed by atoms with van der Waals surface area (Å²) in [6, 6.07) is 0.486. The number of hydrogen-bond donors (Lipinski definition) is 1. The van der Waals surface area contributed by atoms with Gasteiger partial charge in [0.2, 0.25) is 5.95 Å². The standard InChI is InChI=1S/C11H17ClN4/c12-9-7-14-11(15-8-9)16-6-2-1-3-10(16)4-5-13/h7-8,10H,1-6,13H2. The molecule has 2 N–H and O–H groups in total. The van der Waals surface area contributed by atoms with E-state index < -0.39 is 0 Å². The summed E-state index contributed by atoms with van der Waals surface area (Å²) < 4.78 is 0. The van der Waals surface area contributed by atoms with Crippen LogP contribution in [0.25, 0.3) is 0 Å². The Balaban J connectivity index is 2.13. The third-order valence-corrected chi connectivity index (χ3v) is 3.19. The lowest BCUT2D eigenvalue weighted by Gasteiger charge is -2.35. The SMILES string of the molecule is NCCC1CCCCN1c1ncc(Cl)cn1. The molecule has 1 saturated heterocycles. The maximum absolute atomic E-state index is 5.78. The van der Waals surface area contributed by atoms with Crippen LogP contribution in [0.1, 0.15) is 25.7 Å². The van der Waals surface area contributed by atoms with Crippen molar-refractivity contribution in [3.8, 4) is 0 Å². The highest BCUT2D eigenvalue weighted by Gasteiger charge is 2.23. The van der Waals surface area contributed by atoms with Crippen LogP contribution < -0.4 is 10.6 Å². The summed E-state index contributed by atoms with van der Waals surface area (Å²) in [4.78, 5) is 10.8. The molecular formula is C11H17ClN4. The predicted molar refractivity (Wildman–Crippen MR) is 65.7 cm³/mol. The lowest BCUT2D eigenvalue weighted by molar-refractivity contribution is 0.435. The van der Waals surface area contributed by atoms with Gasteiger partial charge in [-0.3, -0.25) is 0 Å². The fraction of sp³-hybridized carbons (Fsp3) is 0.636. The average Bonchev–Trinajstić information content (AvgIpc) is 2.32. The van der Waals surface area contributed by atoms with E-state index in [0.717, 1.165) is 25.5 Å². The van der Waals surface area contributed by atoms with Gasteiger partial charge in [-0.1, -0.05) is 11.6 Å². The molecule has 0 amide bonds. The lowest BCUT2D eigenvalue weighted by atomic mass is 10.00. The first-order valence-electron chi connectivity index (χ1n) is 5.75. The fourth-order valence-corrected chi connectivity index (χ4v) is 2.31. The Morgan fingerprint density at radius 3 is 2.81 bits per heavy atom. The van der Waals surface area contributed by atoms with E-state index in [0.29, 0.717) is 11.1 Å². The molecule has 1 atom stereocenters. The van der Waals surface area contributed by atoms with Crippen LogP contribution in [-0.2, 0) is 0 Å². The van der Waals surface area contributed by atoms with E-state index >= 15 is 0 Å². The van der Waals surface area contributed by atoms with Crippen LogP contribution in [0.2, 0.25) is 5.02 Å². The van der Waals surface area contributed by atoms with Gasteiger partial charge in [0.15, 0.2) is 0 Å². The van der Waals surface area contributed by atoms with Crippen molar-refractivity contribution < 1.29 is 0 Å². The number of nitrogens with zero attached hydrogens (tertiary/aromatic N) is 3. The number of aromatic nitrogens is 2. The van der Waals surface area contributed by atoms with Crippen molar-refractivity contribution in [2.24, 2.45) is 5.73 Å². The predicted octanol–water partition coefficient (Wildman–Crippen LogP) is 1.84. The maximum Gasteiger partial charge on any atom is 0.225 e. The van der Waals surface area contributed by atoms with E-state index in [1.807, 2.05) is 0 Å². The molecule has 4 nitrogen and oxygen atoms in total. The van der Waals surface area contributed by atoms with Crippen molar-refractivity contribution in [3.63, 3.8) is 0 Å². The van der Waals surface area contributed by atoms with Crippen LogP contribution in [0.4, 0.5) is 5.95 Å². The minimum Gasteiger partial charge on any atom is -0.338 e. The normalized spacial score (nSPS) is 21.1. The summed E-state index contributed by atoms with van der Waals surface area (Å²) >= 11 is 5.78. The Labute approximate surface area is 101 Å². The van der Waals surface area contributed by atoms with Crippen molar-refractivity contribution in [1.82, 2.24) is 9.97 Å². The highest BCUT2D eigenvalue weighted by molar-refractivity contribution is 6.30. The van der Waals surface area contributed by atoms with E-state index in [-0.39, 0.29) is 0 Å². The van der Waals surface area contributed by atoms with Gasteiger partial charge in [0.05, 0.1) is 17.4 Å². The molecule has 0 bridgehead atoms. The molecule has 5 heteroatoms. The number of nitrogens with two attached hydrogens (primary N) is 1. The Morgan fingerprint density at radius 1 is 1.38 bits per heavy atom. The van der Waals surface area contributed by atoms with E-state index in [1.54, 1.807) is 12.4 Å². The number of anilines is 1. The van der Waals surface area contributed by atoms with E-state index in [2.05, 4.69) is 14.9 Å². The monoisotopic (exact) mass is 240 g/mol. The van der Waals surface area contributed by atoms with Crippen molar-refractivity contribution >= 4 is 17.5 Å². The molecular weight excluding hydrogens is 224 g/mol. The number of piperidine rings is 1. The second-order valence-electron chi connectivity index (χ2n) is 4.12. The molecule has 2 heterocycles. The molecule has 0 aromatic carbocycles. The summed E-state index contributed by atoms with van der Waals surface area (Å²) in [5.74, 6) is 0.780. The summed E-state index contributed by atoms with van der Waals surface area (Å²) in [6.07, 6.45) is 7.97. The first-order chi connectivity index (χ1) is 7.81. The Bertz CT molecular complexity index is 325. The van der Waals surface area contributed by atoms with Crippen LogP contribution >= 0.6 is 11.6 Å². The third kappa shape index (κ3) is 2.62. The zero-order valence-electron chi connectivity index (χ0n) is 9.27. The number of rotatable bonds is 3. The average molecular weight is 241 g/mol. The minimum atomic E-state index is 0.486. The second-order valence-corrected chi connectivity index (χ2v) is 4.56. The molecule has 2 rings (SSSR count). The van der Waals surface area contributed by atoms with Crippen LogP contribution in [0, 0.1) is 0 Å². The lowest BCUT2D eigenvalue weighted by Crippen LogP contribution is -2.41. The van der Waals surface area contributed by atoms with Gasteiger partial charge in [0.25, 0.3) is 0 Å². The Kier molecular flexibility index (Phi) is 3.96. The molecule has 0 saturated carbocycles. The molecule has 1 fully saturated rings. The van der Waals surface area contributed by atoms with Gasteiger partial charge >= 0.3 is 0 Å². The number of hydrogen-bond acceptors (Lipinski definition) is 4. The second kappa shape index (κ2) is 5.46. The maximum atomic E-state index is 5.78. The highest BCUT2D eigenvalue weighted by Crippen LogP contribution is 2.23. The van der Waals surface area contributed by atoms with Crippen molar-refractivity contribution in [1.29, 1.82) is 0 Å². The van der Waals surface area contributed by atoms with Gasteiger partial charge < -0.3 is 10.6 Å². The largest absolute Gasteiger partial charge is 0.338 e. The molecule has 0 spiro atoms. The quantitative estimate of drug-likeness (QED) is 0.876. The topological polar surface area (TPSA) is 55.0 Å². The zero-order valence-corrected chi connectivity index (χ0v) is 10.0. The molecule has 1 aliphatic heterocycles. The van der Waals surface area contributed by atoms with Gasteiger partial charge in [0.1, 0.15) is 0 Å². The molecule has 1 aromatic heterocycles. The van der Waals surface area contributed by atoms with E-state index in [4.69, 9.17) is 17.3 Å². The van der Waals surface area contributed by atoms with Crippen LogP contribution in [0.15, 0.2) is 12.4 Å². The molecule has 88 valence electrons. The fourth-order valence-electron chi connectivity index (χ4n) is 2.21. The van der Waals surface area contributed by atoms with Crippen molar-refractivity contribution in [3.05, 3.63) is 17.4 Å². The number of halogens is 1. The molecule has 0 radical (unpaired) electrons. The summed E-state index contributed by atoms with van der Waals surface area (Å²) in [7, 11) is 0. The zero-order chi connectivity index (χ0) is 11.4. The highest BCUT2D eigenvalue weighted by atomic mass is 35.5. The third-order valence-electron chi connectivity index (χ3n) is 2.99. The molecule has 1 aromatic rings. The Hall–Kier alpha value is -0.870. The van der Waals surface area contributed by atoms with Crippen molar-refractivity contribution in [2.45, 2.75) is 31.7 Å². The van der Waals surface area contributed by atoms with E-state index in [9.17, 15) is 0 Å². The summed E-state index contributed by atoms with van der Waals surface area (Å²) in [6.45, 7) is 1.74. The molecule has 1 unspecified atom stereocenters. The minimum absolute atomic E-state index is 0.486. The summed E-state index contributed by atoms with van der Waals surface area (Å²) in [5.41, 5.74) is 5.64. The van der Waals surface area contributed by atoms with Gasteiger partial charge in [-0.2, -0.15) is 0 Å². The Morgan fingerprint density at radius 2 is 2.12 bits per heavy atom.